The second-order valence-corrected chi connectivity index (χ2v) is 5.30. The van der Waals surface area contributed by atoms with Crippen LogP contribution in [0.4, 0.5) is 4.39 Å². The van der Waals surface area contributed by atoms with Crippen LogP contribution in [0.5, 0.6) is 5.75 Å². The zero-order valence-electron chi connectivity index (χ0n) is 11.5. The minimum atomic E-state index is -0.770. The number of hydrogen-bond acceptors (Lipinski definition) is 2. The fourth-order valence-corrected chi connectivity index (χ4v) is 3.16. The lowest BCUT2D eigenvalue weighted by atomic mass is 9.73. The first-order valence-corrected chi connectivity index (χ1v) is 6.87. The van der Waals surface area contributed by atoms with Gasteiger partial charge in [-0.3, -0.25) is 0 Å². The molecule has 0 bridgehead atoms. The Morgan fingerprint density at radius 3 is 2.65 bits per heavy atom. The number of rotatable bonds is 2. The quantitative estimate of drug-likeness (QED) is 0.909. The van der Waals surface area contributed by atoms with Crippen LogP contribution in [0, 0.1) is 5.82 Å². The summed E-state index contributed by atoms with van der Waals surface area (Å²) in [6, 6.07) is 13.2. The van der Waals surface area contributed by atoms with Gasteiger partial charge in [-0.05, 0) is 36.5 Å². The molecule has 104 valence electrons. The number of aryl methyl sites for hydroxylation is 1. The molecule has 2 N–H and O–H groups in total. The number of hydrogen-bond donors (Lipinski definition) is 1. The van der Waals surface area contributed by atoms with Gasteiger partial charge in [0, 0.05) is 5.56 Å². The molecule has 0 fully saturated rings. The smallest absolute Gasteiger partial charge is 0.170 e. The average Bonchev–Trinajstić information content (AvgIpc) is 2.48. The fraction of sp³-hybridized carbons (Fsp3) is 0.294. The summed E-state index contributed by atoms with van der Waals surface area (Å²) < 4.78 is 19.7. The van der Waals surface area contributed by atoms with Crippen molar-refractivity contribution in [2.24, 2.45) is 5.73 Å². The highest BCUT2D eigenvalue weighted by Gasteiger charge is 2.36. The SMILES string of the molecule is COc1cccc(C2(N)CCCc3ccccc32)c1F. The number of nitrogens with two attached hydrogens (primary N) is 1. The van der Waals surface area contributed by atoms with Crippen LogP contribution in [0.2, 0.25) is 0 Å². The zero-order valence-corrected chi connectivity index (χ0v) is 11.5. The maximum Gasteiger partial charge on any atom is 0.170 e. The Labute approximate surface area is 118 Å². The summed E-state index contributed by atoms with van der Waals surface area (Å²) in [5, 5.41) is 0. The Morgan fingerprint density at radius 1 is 1.10 bits per heavy atom. The summed E-state index contributed by atoms with van der Waals surface area (Å²) in [4.78, 5) is 0. The van der Waals surface area contributed by atoms with Crippen molar-refractivity contribution in [1.29, 1.82) is 0 Å². The topological polar surface area (TPSA) is 35.2 Å². The van der Waals surface area contributed by atoms with Gasteiger partial charge in [-0.2, -0.15) is 0 Å². The molecule has 2 nitrogen and oxygen atoms in total. The van der Waals surface area contributed by atoms with Crippen molar-refractivity contribution in [3.05, 3.63) is 65.0 Å². The summed E-state index contributed by atoms with van der Waals surface area (Å²) in [5.41, 5.74) is 8.61. The third-order valence-electron chi connectivity index (χ3n) is 4.18. The van der Waals surface area contributed by atoms with Gasteiger partial charge in [-0.25, -0.2) is 4.39 Å². The fourth-order valence-electron chi connectivity index (χ4n) is 3.16. The van der Waals surface area contributed by atoms with E-state index in [1.165, 1.54) is 12.7 Å². The Hall–Kier alpha value is -1.87. The maximum atomic E-state index is 14.6. The van der Waals surface area contributed by atoms with Crippen LogP contribution in [-0.2, 0) is 12.0 Å². The van der Waals surface area contributed by atoms with E-state index in [2.05, 4.69) is 6.07 Å². The number of benzene rings is 2. The molecule has 3 heteroatoms. The molecule has 1 aliphatic carbocycles. The highest BCUT2D eigenvalue weighted by molar-refractivity contribution is 5.47. The summed E-state index contributed by atoms with van der Waals surface area (Å²) in [6.45, 7) is 0. The molecular weight excluding hydrogens is 253 g/mol. The molecule has 0 heterocycles. The third-order valence-corrected chi connectivity index (χ3v) is 4.18. The summed E-state index contributed by atoms with van der Waals surface area (Å²) in [6.07, 6.45) is 2.71. The van der Waals surface area contributed by atoms with Crippen LogP contribution in [0.1, 0.15) is 29.5 Å². The maximum absolute atomic E-state index is 14.6. The second-order valence-electron chi connectivity index (χ2n) is 5.30. The van der Waals surface area contributed by atoms with Gasteiger partial charge in [0.1, 0.15) is 0 Å². The van der Waals surface area contributed by atoms with Gasteiger partial charge in [0.2, 0.25) is 0 Å². The first kappa shape index (κ1) is 13.1. The number of fused-ring (bicyclic) bond motifs is 1. The van der Waals surface area contributed by atoms with E-state index in [9.17, 15) is 4.39 Å². The molecule has 20 heavy (non-hydrogen) atoms. The van der Waals surface area contributed by atoms with Crippen molar-refractivity contribution in [3.63, 3.8) is 0 Å². The first-order valence-electron chi connectivity index (χ1n) is 6.87. The lowest BCUT2D eigenvalue weighted by Crippen LogP contribution is -2.42. The van der Waals surface area contributed by atoms with Gasteiger partial charge in [-0.15, -0.1) is 0 Å². The highest BCUT2D eigenvalue weighted by Crippen LogP contribution is 2.40. The van der Waals surface area contributed by atoms with Crippen molar-refractivity contribution in [3.8, 4) is 5.75 Å². The van der Waals surface area contributed by atoms with Gasteiger partial charge < -0.3 is 10.5 Å². The average molecular weight is 271 g/mol. The molecular formula is C17H18FNO. The van der Waals surface area contributed by atoms with Gasteiger partial charge in [0.25, 0.3) is 0 Å². The van der Waals surface area contributed by atoms with Gasteiger partial charge >= 0.3 is 0 Å². The lowest BCUT2D eigenvalue weighted by Gasteiger charge is -2.36. The van der Waals surface area contributed by atoms with E-state index in [0.29, 0.717) is 5.56 Å². The minimum Gasteiger partial charge on any atom is -0.494 e. The van der Waals surface area contributed by atoms with Gasteiger partial charge in [0.05, 0.1) is 12.6 Å². The molecule has 1 aliphatic rings. The van der Waals surface area contributed by atoms with E-state index in [1.54, 1.807) is 18.2 Å². The normalized spacial score (nSPS) is 21.4. The summed E-state index contributed by atoms with van der Waals surface area (Å²) >= 11 is 0. The monoisotopic (exact) mass is 271 g/mol. The first-order chi connectivity index (χ1) is 9.66. The van der Waals surface area contributed by atoms with Crippen LogP contribution in [0.3, 0.4) is 0 Å². The Bertz CT molecular complexity index is 641. The Balaban J connectivity index is 2.19. The van der Waals surface area contributed by atoms with E-state index in [0.717, 1.165) is 24.8 Å². The Morgan fingerprint density at radius 2 is 1.85 bits per heavy atom. The minimum absolute atomic E-state index is 0.246. The van der Waals surface area contributed by atoms with Crippen molar-refractivity contribution < 1.29 is 9.13 Å². The summed E-state index contributed by atoms with van der Waals surface area (Å²) in [7, 11) is 1.47. The predicted molar refractivity (Wildman–Crippen MR) is 77.3 cm³/mol. The van der Waals surface area contributed by atoms with Crippen molar-refractivity contribution >= 4 is 0 Å². The molecule has 2 aromatic carbocycles. The molecule has 3 rings (SSSR count). The lowest BCUT2D eigenvalue weighted by molar-refractivity contribution is 0.368. The standard InChI is InChI=1S/C17H18FNO/c1-20-15-10-4-9-14(16(15)18)17(19)11-5-7-12-6-2-3-8-13(12)17/h2-4,6,8-10H,5,7,11,19H2,1H3. The van der Waals surface area contributed by atoms with Crippen LogP contribution in [-0.4, -0.2) is 7.11 Å². The molecule has 2 aromatic rings. The molecule has 0 saturated carbocycles. The molecule has 1 unspecified atom stereocenters. The van der Waals surface area contributed by atoms with Gasteiger partial charge in [0.15, 0.2) is 11.6 Å². The predicted octanol–water partition coefficient (Wildman–Crippen LogP) is 3.37. The van der Waals surface area contributed by atoms with Crippen molar-refractivity contribution in [2.45, 2.75) is 24.8 Å². The zero-order chi connectivity index (χ0) is 14.2. The third kappa shape index (κ3) is 1.90. The molecule has 0 aliphatic heterocycles. The van der Waals surface area contributed by atoms with Crippen LogP contribution < -0.4 is 10.5 Å². The largest absolute Gasteiger partial charge is 0.494 e. The van der Waals surface area contributed by atoms with Crippen molar-refractivity contribution in [1.82, 2.24) is 0 Å². The van der Waals surface area contributed by atoms with Crippen LogP contribution in [0.15, 0.2) is 42.5 Å². The van der Waals surface area contributed by atoms with Crippen molar-refractivity contribution in [2.75, 3.05) is 7.11 Å². The molecule has 0 radical (unpaired) electrons. The molecule has 0 spiro atoms. The van der Waals surface area contributed by atoms with Gasteiger partial charge in [-0.1, -0.05) is 36.4 Å². The van der Waals surface area contributed by atoms with E-state index in [4.69, 9.17) is 10.5 Å². The molecule has 1 atom stereocenters. The molecule has 0 saturated heterocycles. The van der Waals surface area contributed by atoms with Crippen LogP contribution >= 0.6 is 0 Å². The molecule has 0 aromatic heterocycles. The van der Waals surface area contributed by atoms with E-state index < -0.39 is 5.54 Å². The molecule has 0 amide bonds. The van der Waals surface area contributed by atoms with Crippen LogP contribution in [0.25, 0.3) is 0 Å². The second kappa shape index (κ2) is 4.91. The summed E-state index contributed by atoms with van der Waals surface area (Å²) in [5.74, 6) is -0.107. The van der Waals surface area contributed by atoms with E-state index in [1.807, 2.05) is 18.2 Å². The number of methoxy groups -OCH3 is 1. The number of halogens is 1. The number of ether oxygens (including phenoxy) is 1. The highest BCUT2D eigenvalue weighted by atomic mass is 19.1. The van der Waals surface area contributed by atoms with E-state index in [-0.39, 0.29) is 11.6 Å². The Kier molecular flexibility index (Phi) is 3.22. The van der Waals surface area contributed by atoms with E-state index >= 15 is 0 Å².